The molecular weight excluding hydrogens is 220 g/mol. The molecule has 16 heavy (non-hydrogen) atoms. The van der Waals surface area contributed by atoms with E-state index in [2.05, 4.69) is 18.8 Å². The van der Waals surface area contributed by atoms with E-state index in [9.17, 15) is 4.79 Å². The predicted molar refractivity (Wildman–Crippen MR) is 66.3 cm³/mol. The molecule has 0 aromatic carbocycles. The summed E-state index contributed by atoms with van der Waals surface area (Å²) < 4.78 is 1.61. The molecule has 0 spiro atoms. The Kier molecular flexibility index (Phi) is 3.19. The van der Waals surface area contributed by atoms with Crippen LogP contribution in [0, 0.1) is 5.92 Å². The van der Waals surface area contributed by atoms with Crippen LogP contribution in [0.2, 0.25) is 0 Å². The van der Waals surface area contributed by atoms with Crippen molar-refractivity contribution >= 4 is 11.3 Å². The molecule has 84 valence electrons. The standard InChI is InChI=1S/C12H14N2OS/c1-9(2)8-10-4-3-6-14(11(10)15)12-13-5-7-16-12/h3-7,9H,8H2,1-2H3. The Morgan fingerprint density at radius 3 is 2.94 bits per heavy atom. The molecule has 0 bridgehead atoms. The lowest BCUT2D eigenvalue weighted by Gasteiger charge is -2.06. The highest BCUT2D eigenvalue weighted by molar-refractivity contribution is 7.12. The first-order chi connectivity index (χ1) is 7.68. The third kappa shape index (κ3) is 2.22. The van der Waals surface area contributed by atoms with E-state index < -0.39 is 0 Å². The van der Waals surface area contributed by atoms with Crippen LogP contribution in [-0.4, -0.2) is 9.55 Å². The summed E-state index contributed by atoms with van der Waals surface area (Å²) in [6, 6.07) is 3.80. The van der Waals surface area contributed by atoms with Gasteiger partial charge in [0.05, 0.1) is 0 Å². The Labute approximate surface area is 98.4 Å². The third-order valence-electron chi connectivity index (χ3n) is 2.28. The van der Waals surface area contributed by atoms with Gasteiger partial charge in [0.1, 0.15) is 0 Å². The zero-order chi connectivity index (χ0) is 11.5. The summed E-state index contributed by atoms with van der Waals surface area (Å²) in [4.78, 5) is 16.3. The molecule has 0 N–H and O–H groups in total. The summed E-state index contributed by atoms with van der Waals surface area (Å²) in [6.45, 7) is 4.22. The van der Waals surface area contributed by atoms with Crippen LogP contribution in [0.25, 0.3) is 5.13 Å². The number of nitrogens with zero attached hydrogens (tertiary/aromatic N) is 2. The lowest BCUT2D eigenvalue weighted by molar-refractivity contribution is 0.639. The van der Waals surface area contributed by atoms with Crippen molar-refractivity contribution in [2.75, 3.05) is 0 Å². The van der Waals surface area contributed by atoms with Gasteiger partial charge in [-0.05, 0) is 18.4 Å². The molecule has 0 radical (unpaired) electrons. The summed E-state index contributed by atoms with van der Waals surface area (Å²) in [6.07, 6.45) is 4.29. The Morgan fingerprint density at radius 1 is 1.50 bits per heavy atom. The van der Waals surface area contributed by atoms with Gasteiger partial charge in [0, 0.05) is 23.3 Å². The van der Waals surface area contributed by atoms with Crippen LogP contribution < -0.4 is 5.56 Å². The number of hydrogen-bond acceptors (Lipinski definition) is 3. The van der Waals surface area contributed by atoms with E-state index in [0.717, 1.165) is 17.1 Å². The molecule has 3 nitrogen and oxygen atoms in total. The summed E-state index contributed by atoms with van der Waals surface area (Å²) in [5, 5.41) is 2.60. The number of thiazole rings is 1. The number of aromatic nitrogens is 2. The first-order valence-corrected chi connectivity index (χ1v) is 6.17. The maximum Gasteiger partial charge on any atom is 0.260 e. The monoisotopic (exact) mass is 234 g/mol. The van der Waals surface area contributed by atoms with Crippen LogP contribution in [0.4, 0.5) is 0 Å². The SMILES string of the molecule is CC(C)Cc1cccn(-c2nccs2)c1=O. The van der Waals surface area contributed by atoms with Crippen molar-refractivity contribution in [3.05, 3.63) is 45.8 Å². The van der Waals surface area contributed by atoms with Crippen molar-refractivity contribution in [2.24, 2.45) is 5.92 Å². The zero-order valence-electron chi connectivity index (χ0n) is 9.38. The molecule has 0 unspecified atom stereocenters. The average Bonchev–Trinajstić information content (AvgIpc) is 2.73. The molecule has 4 heteroatoms. The summed E-state index contributed by atoms with van der Waals surface area (Å²) in [7, 11) is 0. The van der Waals surface area contributed by atoms with Gasteiger partial charge >= 0.3 is 0 Å². The molecule has 0 aliphatic rings. The van der Waals surface area contributed by atoms with Gasteiger partial charge in [-0.3, -0.25) is 9.36 Å². The topological polar surface area (TPSA) is 34.9 Å². The van der Waals surface area contributed by atoms with Crippen LogP contribution in [0.5, 0.6) is 0 Å². The smallest absolute Gasteiger partial charge is 0.260 e. The molecule has 0 fully saturated rings. The molecule has 2 aromatic heterocycles. The van der Waals surface area contributed by atoms with Gasteiger partial charge < -0.3 is 0 Å². The minimum Gasteiger partial charge on any atom is -0.269 e. The number of rotatable bonds is 3. The number of pyridine rings is 1. The van der Waals surface area contributed by atoms with Gasteiger partial charge in [0.25, 0.3) is 5.56 Å². The van der Waals surface area contributed by atoms with Crippen molar-refractivity contribution in [1.29, 1.82) is 0 Å². The molecule has 0 atom stereocenters. The fraction of sp³-hybridized carbons (Fsp3) is 0.333. The van der Waals surface area contributed by atoms with Gasteiger partial charge in [0.2, 0.25) is 0 Å². The van der Waals surface area contributed by atoms with Crippen LogP contribution >= 0.6 is 11.3 Å². The van der Waals surface area contributed by atoms with E-state index in [0.29, 0.717) is 5.92 Å². The molecule has 2 aromatic rings. The van der Waals surface area contributed by atoms with Crippen LogP contribution in [0.1, 0.15) is 19.4 Å². The van der Waals surface area contributed by atoms with E-state index >= 15 is 0 Å². The largest absolute Gasteiger partial charge is 0.269 e. The first-order valence-electron chi connectivity index (χ1n) is 5.29. The molecule has 0 saturated heterocycles. The Morgan fingerprint density at radius 2 is 2.31 bits per heavy atom. The average molecular weight is 234 g/mol. The normalized spacial score (nSPS) is 10.9. The van der Waals surface area contributed by atoms with Crippen molar-refractivity contribution in [3.63, 3.8) is 0 Å². The molecule has 0 amide bonds. The van der Waals surface area contributed by atoms with E-state index in [1.165, 1.54) is 11.3 Å². The summed E-state index contributed by atoms with van der Waals surface area (Å²) >= 11 is 1.47. The molecule has 2 rings (SSSR count). The van der Waals surface area contributed by atoms with E-state index in [4.69, 9.17) is 0 Å². The minimum absolute atomic E-state index is 0.0474. The molecule has 2 heterocycles. The van der Waals surface area contributed by atoms with E-state index in [-0.39, 0.29) is 5.56 Å². The van der Waals surface area contributed by atoms with Gasteiger partial charge in [0.15, 0.2) is 5.13 Å². The van der Waals surface area contributed by atoms with Crippen LogP contribution in [0.15, 0.2) is 34.7 Å². The molecule has 0 aliphatic carbocycles. The van der Waals surface area contributed by atoms with Crippen molar-refractivity contribution in [1.82, 2.24) is 9.55 Å². The molecular formula is C12H14N2OS. The number of hydrogen-bond donors (Lipinski definition) is 0. The molecule has 0 saturated carbocycles. The fourth-order valence-electron chi connectivity index (χ4n) is 1.62. The second-order valence-corrected chi connectivity index (χ2v) is 4.99. The second-order valence-electron chi connectivity index (χ2n) is 4.12. The Bertz CT molecular complexity index is 514. The van der Waals surface area contributed by atoms with Crippen molar-refractivity contribution in [3.8, 4) is 5.13 Å². The summed E-state index contributed by atoms with van der Waals surface area (Å²) in [5.74, 6) is 0.486. The van der Waals surface area contributed by atoms with Crippen molar-refractivity contribution in [2.45, 2.75) is 20.3 Å². The van der Waals surface area contributed by atoms with E-state index in [1.807, 2.05) is 17.5 Å². The maximum absolute atomic E-state index is 12.1. The fourth-order valence-corrected chi connectivity index (χ4v) is 2.24. The van der Waals surface area contributed by atoms with Gasteiger partial charge in [-0.2, -0.15) is 0 Å². The first kappa shape index (κ1) is 11.1. The lowest BCUT2D eigenvalue weighted by Crippen LogP contribution is -2.22. The maximum atomic E-state index is 12.1. The Hall–Kier alpha value is -1.42. The highest BCUT2D eigenvalue weighted by atomic mass is 32.1. The summed E-state index contributed by atoms with van der Waals surface area (Å²) in [5.41, 5.74) is 0.902. The van der Waals surface area contributed by atoms with Crippen LogP contribution in [-0.2, 0) is 6.42 Å². The molecule has 0 aliphatic heterocycles. The van der Waals surface area contributed by atoms with Gasteiger partial charge in [-0.25, -0.2) is 4.98 Å². The van der Waals surface area contributed by atoms with E-state index in [1.54, 1.807) is 17.0 Å². The van der Waals surface area contributed by atoms with Crippen molar-refractivity contribution < 1.29 is 0 Å². The highest BCUT2D eigenvalue weighted by Crippen LogP contribution is 2.10. The van der Waals surface area contributed by atoms with Crippen LogP contribution in [0.3, 0.4) is 0 Å². The predicted octanol–water partition coefficient (Wildman–Crippen LogP) is 2.49. The second kappa shape index (κ2) is 4.61. The van der Waals surface area contributed by atoms with Gasteiger partial charge in [-0.1, -0.05) is 19.9 Å². The highest BCUT2D eigenvalue weighted by Gasteiger charge is 2.07. The minimum atomic E-state index is 0.0474. The quantitative estimate of drug-likeness (QED) is 0.817. The third-order valence-corrected chi connectivity index (χ3v) is 3.05. The zero-order valence-corrected chi connectivity index (χ0v) is 10.2. The Balaban J connectivity index is 2.45. The lowest BCUT2D eigenvalue weighted by atomic mass is 10.0. The van der Waals surface area contributed by atoms with Gasteiger partial charge in [-0.15, -0.1) is 11.3 Å².